The third kappa shape index (κ3) is 6.94. The number of thiol groups is 1. The van der Waals surface area contributed by atoms with Gasteiger partial charge in [0.15, 0.2) is 0 Å². The fraction of sp³-hybridized carbons (Fsp3) is 1.00. The van der Waals surface area contributed by atoms with Gasteiger partial charge in [-0.2, -0.15) is 12.6 Å². The molecule has 0 bridgehead atoms. The lowest BCUT2D eigenvalue weighted by Crippen LogP contribution is -2.42. The van der Waals surface area contributed by atoms with Crippen LogP contribution in [0.15, 0.2) is 0 Å². The standard InChI is InChI=1S/C12H28O2SSi/c1-4-8-13-16(11-6-3,12-7-10-15)14-9-5-2/h15H,4-12H2,1-3H3. The van der Waals surface area contributed by atoms with E-state index in [1.165, 1.54) is 0 Å². The van der Waals surface area contributed by atoms with Gasteiger partial charge in [-0.1, -0.05) is 27.2 Å². The normalized spacial score (nSPS) is 12.0. The third-order valence-electron chi connectivity index (χ3n) is 2.49. The molecular weight excluding hydrogens is 236 g/mol. The molecule has 0 saturated carbocycles. The SMILES string of the molecule is CCCO[Si](CCC)(CCCS)OCCC. The maximum Gasteiger partial charge on any atom is 0.338 e. The number of hydrogen-bond acceptors (Lipinski definition) is 3. The summed E-state index contributed by atoms with van der Waals surface area (Å²) in [6.07, 6.45) is 4.43. The first-order valence-corrected chi connectivity index (χ1v) is 9.49. The largest absolute Gasteiger partial charge is 0.394 e. The Bertz CT molecular complexity index is 134. The van der Waals surface area contributed by atoms with Crippen molar-refractivity contribution in [3.63, 3.8) is 0 Å². The monoisotopic (exact) mass is 264 g/mol. The molecule has 0 radical (unpaired) electrons. The zero-order valence-corrected chi connectivity index (χ0v) is 13.0. The summed E-state index contributed by atoms with van der Waals surface area (Å²) < 4.78 is 12.2. The lowest BCUT2D eigenvalue weighted by Gasteiger charge is -2.30. The Labute approximate surface area is 108 Å². The summed E-state index contributed by atoms with van der Waals surface area (Å²) in [5, 5.41) is 0. The lowest BCUT2D eigenvalue weighted by atomic mass is 10.5. The smallest absolute Gasteiger partial charge is 0.338 e. The molecule has 0 spiro atoms. The van der Waals surface area contributed by atoms with E-state index in [0.29, 0.717) is 0 Å². The van der Waals surface area contributed by atoms with Crippen LogP contribution in [0.5, 0.6) is 0 Å². The molecule has 0 heterocycles. The summed E-state index contributed by atoms with van der Waals surface area (Å²) in [5.41, 5.74) is 0. The van der Waals surface area contributed by atoms with Gasteiger partial charge in [0.05, 0.1) is 0 Å². The van der Waals surface area contributed by atoms with Crippen LogP contribution in [-0.4, -0.2) is 27.5 Å². The van der Waals surface area contributed by atoms with E-state index in [-0.39, 0.29) is 0 Å². The van der Waals surface area contributed by atoms with Gasteiger partial charge in [-0.3, -0.25) is 0 Å². The summed E-state index contributed by atoms with van der Waals surface area (Å²) in [7, 11) is -1.91. The van der Waals surface area contributed by atoms with Gasteiger partial charge >= 0.3 is 8.56 Å². The maximum absolute atomic E-state index is 6.11. The highest BCUT2D eigenvalue weighted by Crippen LogP contribution is 2.23. The first-order valence-electron chi connectivity index (χ1n) is 6.63. The molecule has 4 heteroatoms. The van der Waals surface area contributed by atoms with Crippen molar-refractivity contribution in [2.24, 2.45) is 0 Å². The van der Waals surface area contributed by atoms with Crippen LogP contribution in [0.1, 0.15) is 46.5 Å². The molecule has 0 aromatic heterocycles. The molecular formula is C12H28O2SSi. The van der Waals surface area contributed by atoms with E-state index in [4.69, 9.17) is 8.85 Å². The lowest BCUT2D eigenvalue weighted by molar-refractivity contribution is 0.166. The van der Waals surface area contributed by atoms with E-state index in [1.54, 1.807) is 0 Å². The van der Waals surface area contributed by atoms with Crippen LogP contribution in [0, 0.1) is 0 Å². The molecule has 0 aliphatic rings. The zero-order chi connectivity index (χ0) is 12.3. The Balaban J connectivity index is 4.32. The first-order chi connectivity index (χ1) is 7.74. The van der Waals surface area contributed by atoms with Crippen molar-refractivity contribution in [2.75, 3.05) is 19.0 Å². The Morgan fingerprint density at radius 3 is 1.81 bits per heavy atom. The fourth-order valence-corrected chi connectivity index (χ4v) is 5.76. The van der Waals surface area contributed by atoms with Gasteiger partial charge in [0.1, 0.15) is 0 Å². The molecule has 16 heavy (non-hydrogen) atoms. The van der Waals surface area contributed by atoms with Crippen molar-refractivity contribution >= 4 is 21.2 Å². The highest BCUT2D eigenvalue weighted by molar-refractivity contribution is 7.80. The molecule has 0 rings (SSSR count). The first kappa shape index (κ1) is 16.5. The second-order valence-electron chi connectivity index (χ2n) is 4.18. The molecule has 0 amide bonds. The predicted molar refractivity (Wildman–Crippen MR) is 76.6 cm³/mol. The summed E-state index contributed by atoms with van der Waals surface area (Å²) >= 11 is 4.29. The Kier molecular flexibility index (Phi) is 11.0. The summed E-state index contributed by atoms with van der Waals surface area (Å²) in [6, 6.07) is 2.23. The van der Waals surface area contributed by atoms with Gasteiger partial charge in [-0.25, -0.2) is 0 Å². The third-order valence-corrected chi connectivity index (χ3v) is 6.64. The number of rotatable bonds is 11. The van der Waals surface area contributed by atoms with Crippen LogP contribution in [0.4, 0.5) is 0 Å². The molecule has 0 aliphatic heterocycles. The van der Waals surface area contributed by atoms with E-state index in [0.717, 1.165) is 56.7 Å². The second kappa shape index (κ2) is 10.6. The number of hydrogen-bond donors (Lipinski definition) is 1. The molecule has 0 aromatic carbocycles. The highest BCUT2D eigenvalue weighted by atomic mass is 32.1. The van der Waals surface area contributed by atoms with Gasteiger partial charge in [-0.15, -0.1) is 0 Å². The Morgan fingerprint density at radius 1 is 0.875 bits per heavy atom. The fourth-order valence-electron chi connectivity index (χ4n) is 1.76. The van der Waals surface area contributed by atoms with Crippen molar-refractivity contribution in [2.45, 2.75) is 58.5 Å². The predicted octanol–water partition coefficient (Wildman–Crippen LogP) is 4.01. The molecule has 98 valence electrons. The van der Waals surface area contributed by atoms with E-state index in [1.807, 2.05) is 0 Å². The molecule has 0 aliphatic carbocycles. The molecule has 0 atom stereocenters. The minimum atomic E-state index is -1.91. The van der Waals surface area contributed by atoms with Crippen LogP contribution in [0.25, 0.3) is 0 Å². The van der Waals surface area contributed by atoms with E-state index in [9.17, 15) is 0 Å². The van der Waals surface area contributed by atoms with E-state index in [2.05, 4.69) is 33.4 Å². The van der Waals surface area contributed by atoms with Crippen molar-refractivity contribution in [1.29, 1.82) is 0 Å². The minimum Gasteiger partial charge on any atom is -0.394 e. The molecule has 0 N–H and O–H groups in total. The molecule has 0 aromatic rings. The Morgan fingerprint density at radius 2 is 1.44 bits per heavy atom. The molecule has 0 unspecified atom stereocenters. The topological polar surface area (TPSA) is 18.5 Å². The summed E-state index contributed by atoms with van der Waals surface area (Å²) in [5.74, 6) is 0.934. The van der Waals surface area contributed by atoms with Gasteiger partial charge < -0.3 is 8.85 Å². The molecule has 0 fully saturated rings. The van der Waals surface area contributed by atoms with Gasteiger partial charge in [-0.05, 0) is 37.1 Å². The average molecular weight is 265 g/mol. The second-order valence-corrected chi connectivity index (χ2v) is 8.03. The van der Waals surface area contributed by atoms with Crippen molar-refractivity contribution < 1.29 is 8.85 Å². The van der Waals surface area contributed by atoms with Crippen molar-refractivity contribution in [3.8, 4) is 0 Å². The van der Waals surface area contributed by atoms with Gasteiger partial charge in [0.25, 0.3) is 0 Å². The van der Waals surface area contributed by atoms with Crippen molar-refractivity contribution in [1.82, 2.24) is 0 Å². The van der Waals surface area contributed by atoms with Crippen LogP contribution in [0.3, 0.4) is 0 Å². The average Bonchev–Trinajstić information content (AvgIpc) is 2.31. The van der Waals surface area contributed by atoms with E-state index >= 15 is 0 Å². The van der Waals surface area contributed by atoms with Gasteiger partial charge in [0, 0.05) is 13.2 Å². The summed E-state index contributed by atoms with van der Waals surface area (Å²) in [4.78, 5) is 0. The Hall–Kier alpha value is 0.487. The summed E-state index contributed by atoms with van der Waals surface area (Å²) in [6.45, 7) is 8.23. The van der Waals surface area contributed by atoms with Crippen LogP contribution in [0.2, 0.25) is 12.1 Å². The van der Waals surface area contributed by atoms with Crippen LogP contribution >= 0.6 is 12.6 Å². The van der Waals surface area contributed by atoms with Crippen molar-refractivity contribution in [3.05, 3.63) is 0 Å². The zero-order valence-electron chi connectivity index (χ0n) is 11.1. The van der Waals surface area contributed by atoms with E-state index < -0.39 is 8.56 Å². The molecule has 2 nitrogen and oxygen atoms in total. The van der Waals surface area contributed by atoms with Gasteiger partial charge in [0.2, 0.25) is 0 Å². The maximum atomic E-state index is 6.11. The van der Waals surface area contributed by atoms with Crippen LogP contribution in [-0.2, 0) is 8.85 Å². The quantitative estimate of drug-likeness (QED) is 0.449. The molecule has 0 saturated heterocycles. The highest BCUT2D eigenvalue weighted by Gasteiger charge is 2.35. The van der Waals surface area contributed by atoms with Crippen LogP contribution < -0.4 is 0 Å². The minimum absolute atomic E-state index is 0.850.